The van der Waals surface area contributed by atoms with Crippen molar-refractivity contribution >= 4 is 17.3 Å². The van der Waals surface area contributed by atoms with Crippen molar-refractivity contribution in [1.82, 2.24) is 5.32 Å². The van der Waals surface area contributed by atoms with Gasteiger partial charge in [0.15, 0.2) is 0 Å². The molecule has 20 heavy (non-hydrogen) atoms. The maximum Gasteiger partial charge on any atom is 0.238 e. The number of rotatable bonds is 5. The van der Waals surface area contributed by atoms with Gasteiger partial charge >= 0.3 is 0 Å². The van der Waals surface area contributed by atoms with Crippen LogP contribution < -0.4 is 15.5 Å². The Labute approximate surface area is 119 Å². The van der Waals surface area contributed by atoms with E-state index in [9.17, 15) is 4.79 Å². The Morgan fingerprint density at radius 3 is 2.75 bits per heavy atom. The van der Waals surface area contributed by atoms with E-state index in [0.29, 0.717) is 12.6 Å². The van der Waals surface area contributed by atoms with Gasteiger partial charge in [0, 0.05) is 19.1 Å². The van der Waals surface area contributed by atoms with E-state index in [2.05, 4.69) is 21.6 Å². The molecule has 0 bridgehead atoms. The van der Waals surface area contributed by atoms with Crippen LogP contribution in [0.4, 0.5) is 11.4 Å². The van der Waals surface area contributed by atoms with Crippen LogP contribution in [0.2, 0.25) is 0 Å². The topological polar surface area (TPSA) is 53.6 Å². The highest BCUT2D eigenvalue weighted by Gasteiger charge is 2.21. The van der Waals surface area contributed by atoms with Gasteiger partial charge in [-0.2, -0.15) is 0 Å². The third kappa shape index (κ3) is 3.49. The summed E-state index contributed by atoms with van der Waals surface area (Å²) in [6, 6.07) is 8.52. The van der Waals surface area contributed by atoms with Crippen molar-refractivity contribution < 1.29 is 9.53 Å². The minimum Gasteiger partial charge on any atom is -0.378 e. The number of ether oxygens (including phenoxy) is 1. The summed E-state index contributed by atoms with van der Waals surface area (Å²) in [5.41, 5.74) is 1.97. The highest BCUT2D eigenvalue weighted by atomic mass is 16.5. The molecule has 1 saturated heterocycles. The number of nitrogens with zero attached hydrogens (tertiary/aromatic N) is 1. The predicted octanol–water partition coefficient (Wildman–Crippen LogP) is 1.21. The van der Waals surface area contributed by atoms with Crippen LogP contribution in [-0.4, -0.2) is 44.8 Å². The summed E-state index contributed by atoms with van der Waals surface area (Å²) in [6.45, 7) is 3.61. The van der Waals surface area contributed by atoms with Crippen molar-refractivity contribution in [2.45, 2.75) is 18.9 Å². The molecule has 1 saturated carbocycles. The van der Waals surface area contributed by atoms with Gasteiger partial charge in [-0.3, -0.25) is 4.79 Å². The van der Waals surface area contributed by atoms with Crippen molar-refractivity contribution in [1.29, 1.82) is 0 Å². The molecule has 1 aliphatic carbocycles. The SMILES string of the molecule is O=C(CNC1CC1)Nc1ccccc1N1CCOCC1. The number of amides is 1. The Kier molecular flexibility index (Phi) is 4.18. The highest BCUT2D eigenvalue weighted by molar-refractivity contribution is 5.95. The van der Waals surface area contributed by atoms with E-state index in [1.54, 1.807) is 0 Å². The summed E-state index contributed by atoms with van der Waals surface area (Å²) in [6.07, 6.45) is 2.38. The van der Waals surface area contributed by atoms with E-state index in [1.165, 1.54) is 12.8 Å². The van der Waals surface area contributed by atoms with E-state index >= 15 is 0 Å². The molecule has 0 unspecified atom stereocenters. The molecule has 2 N–H and O–H groups in total. The summed E-state index contributed by atoms with van der Waals surface area (Å²) in [5, 5.41) is 6.24. The van der Waals surface area contributed by atoms with Crippen molar-refractivity contribution in [2.24, 2.45) is 0 Å². The zero-order chi connectivity index (χ0) is 13.8. The first-order valence-corrected chi connectivity index (χ1v) is 7.28. The van der Waals surface area contributed by atoms with Crippen molar-refractivity contribution in [3.8, 4) is 0 Å². The second-order valence-corrected chi connectivity index (χ2v) is 5.32. The zero-order valence-corrected chi connectivity index (χ0v) is 11.6. The van der Waals surface area contributed by atoms with Crippen molar-refractivity contribution in [3.63, 3.8) is 0 Å². The molecular weight excluding hydrogens is 254 g/mol. The molecule has 1 aliphatic heterocycles. The van der Waals surface area contributed by atoms with Gasteiger partial charge in [-0.25, -0.2) is 0 Å². The Morgan fingerprint density at radius 1 is 1.25 bits per heavy atom. The Morgan fingerprint density at radius 2 is 2.00 bits per heavy atom. The number of morpholine rings is 1. The van der Waals surface area contributed by atoms with Crippen LogP contribution in [0.5, 0.6) is 0 Å². The molecule has 3 rings (SSSR count). The number of para-hydroxylation sites is 2. The molecule has 108 valence electrons. The molecule has 2 fully saturated rings. The lowest BCUT2D eigenvalue weighted by Gasteiger charge is -2.30. The molecule has 0 spiro atoms. The third-order valence-corrected chi connectivity index (χ3v) is 3.66. The number of hydrogen-bond acceptors (Lipinski definition) is 4. The summed E-state index contributed by atoms with van der Waals surface area (Å²) < 4.78 is 5.38. The van der Waals surface area contributed by atoms with E-state index in [-0.39, 0.29) is 5.91 Å². The number of benzene rings is 1. The molecular formula is C15H21N3O2. The molecule has 1 aromatic carbocycles. The average Bonchev–Trinajstić information content (AvgIpc) is 3.31. The number of carbonyl (C=O) groups is 1. The molecule has 1 heterocycles. The normalized spacial score (nSPS) is 18.9. The van der Waals surface area contributed by atoms with Gasteiger partial charge < -0.3 is 20.3 Å². The molecule has 1 amide bonds. The Balaban J connectivity index is 1.63. The number of anilines is 2. The van der Waals surface area contributed by atoms with Crippen LogP contribution in [0.3, 0.4) is 0 Å². The van der Waals surface area contributed by atoms with Crippen molar-refractivity contribution in [2.75, 3.05) is 43.1 Å². The molecule has 0 radical (unpaired) electrons. The summed E-state index contributed by atoms with van der Waals surface area (Å²) in [5.74, 6) is 0.0256. The summed E-state index contributed by atoms with van der Waals surface area (Å²) >= 11 is 0. The molecule has 2 aliphatic rings. The second-order valence-electron chi connectivity index (χ2n) is 5.32. The molecule has 0 atom stereocenters. The van der Waals surface area contributed by atoms with Gasteiger partial charge in [-0.15, -0.1) is 0 Å². The fourth-order valence-electron chi connectivity index (χ4n) is 2.38. The van der Waals surface area contributed by atoms with Gasteiger partial charge in [0.05, 0.1) is 31.1 Å². The lowest BCUT2D eigenvalue weighted by atomic mass is 10.2. The molecule has 5 nitrogen and oxygen atoms in total. The van der Waals surface area contributed by atoms with Crippen LogP contribution in [0.1, 0.15) is 12.8 Å². The number of hydrogen-bond donors (Lipinski definition) is 2. The van der Waals surface area contributed by atoms with Gasteiger partial charge in [0.2, 0.25) is 5.91 Å². The Hall–Kier alpha value is -1.59. The van der Waals surface area contributed by atoms with Crippen LogP contribution in [-0.2, 0) is 9.53 Å². The largest absolute Gasteiger partial charge is 0.378 e. The van der Waals surface area contributed by atoms with Gasteiger partial charge in [0.1, 0.15) is 0 Å². The maximum absolute atomic E-state index is 12.0. The molecule has 5 heteroatoms. The fraction of sp³-hybridized carbons (Fsp3) is 0.533. The van der Waals surface area contributed by atoms with Gasteiger partial charge in [0.25, 0.3) is 0 Å². The van der Waals surface area contributed by atoms with E-state index < -0.39 is 0 Å². The maximum atomic E-state index is 12.0. The lowest BCUT2D eigenvalue weighted by Crippen LogP contribution is -2.37. The van der Waals surface area contributed by atoms with Crippen LogP contribution >= 0.6 is 0 Å². The standard InChI is InChI=1S/C15H21N3O2/c19-15(11-16-12-5-6-12)17-13-3-1-2-4-14(13)18-7-9-20-10-8-18/h1-4,12,16H,5-11H2,(H,17,19). The number of carbonyl (C=O) groups excluding carboxylic acids is 1. The lowest BCUT2D eigenvalue weighted by molar-refractivity contribution is -0.115. The quantitative estimate of drug-likeness (QED) is 0.848. The Bertz CT molecular complexity index is 468. The smallest absolute Gasteiger partial charge is 0.238 e. The minimum absolute atomic E-state index is 0.0256. The first-order chi connectivity index (χ1) is 9.83. The number of nitrogens with one attached hydrogen (secondary N) is 2. The van der Waals surface area contributed by atoms with Gasteiger partial charge in [-0.05, 0) is 25.0 Å². The van der Waals surface area contributed by atoms with Gasteiger partial charge in [-0.1, -0.05) is 12.1 Å². The monoisotopic (exact) mass is 275 g/mol. The zero-order valence-electron chi connectivity index (χ0n) is 11.6. The van der Waals surface area contributed by atoms with Crippen LogP contribution in [0.15, 0.2) is 24.3 Å². The summed E-state index contributed by atoms with van der Waals surface area (Å²) in [4.78, 5) is 14.2. The van der Waals surface area contributed by atoms with E-state index in [1.807, 2.05) is 18.2 Å². The van der Waals surface area contributed by atoms with Crippen LogP contribution in [0, 0.1) is 0 Å². The highest BCUT2D eigenvalue weighted by Crippen LogP contribution is 2.26. The minimum atomic E-state index is 0.0256. The average molecular weight is 275 g/mol. The second kappa shape index (κ2) is 6.24. The third-order valence-electron chi connectivity index (χ3n) is 3.66. The van der Waals surface area contributed by atoms with Crippen LogP contribution in [0.25, 0.3) is 0 Å². The fourth-order valence-corrected chi connectivity index (χ4v) is 2.38. The molecule has 0 aromatic heterocycles. The summed E-state index contributed by atoms with van der Waals surface area (Å²) in [7, 11) is 0. The first kappa shape index (κ1) is 13.4. The first-order valence-electron chi connectivity index (χ1n) is 7.28. The molecule has 1 aromatic rings. The van der Waals surface area contributed by atoms with Crippen molar-refractivity contribution in [3.05, 3.63) is 24.3 Å². The van der Waals surface area contributed by atoms with E-state index in [0.717, 1.165) is 37.7 Å². The van der Waals surface area contributed by atoms with E-state index in [4.69, 9.17) is 4.74 Å². The predicted molar refractivity (Wildman–Crippen MR) is 79.1 cm³/mol.